The van der Waals surface area contributed by atoms with Gasteiger partial charge in [-0.3, -0.25) is 9.78 Å². The molecule has 0 amide bonds. The number of nitrogens with two attached hydrogens (primary N) is 1. The van der Waals surface area contributed by atoms with Crippen molar-refractivity contribution in [2.24, 2.45) is 5.73 Å². The fraction of sp³-hybridized carbons (Fsp3) is 0.400. The smallest absolute Gasteiger partial charge is 0.320 e. The van der Waals surface area contributed by atoms with Crippen molar-refractivity contribution in [3.8, 4) is 0 Å². The highest BCUT2D eigenvalue weighted by molar-refractivity contribution is 5.73. The number of carbonyl (C=O) groups is 1. The lowest BCUT2D eigenvalue weighted by atomic mass is 10.1. The van der Waals surface area contributed by atoms with E-state index in [1.54, 1.807) is 6.20 Å². The standard InChI is InChI=1S/C10H14N2O2/c1-2-7-4-3-5-12-9(7)6-8(11)10(13)14/h3-5,8H,2,6,11H2,1H3,(H,13,14). The summed E-state index contributed by atoms with van der Waals surface area (Å²) in [7, 11) is 0. The average molecular weight is 194 g/mol. The van der Waals surface area contributed by atoms with E-state index in [1.165, 1.54) is 0 Å². The van der Waals surface area contributed by atoms with Crippen LogP contribution in [0.15, 0.2) is 18.3 Å². The van der Waals surface area contributed by atoms with Crippen molar-refractivity contribution in [3.05, 3.63) is 29.6 Å². The van der Waals surface area contributed by atoms with Crippen molar-refractivity contribution >= 4 is 5.97 Å². The van der Waals surface area contributed by atoms with Crippen molar-refractivity contribution in [2.75, 3.05) is 0 Å². The number of hydrogen-bond donors (Lipinski definition) is 2. The molecule has 1 unspecified atom stereocenters. The number of aliphatic carboxylic acids is 1. The van der Waals surface area contributed by atoms with Crippen LogP contribution in [0.2, 0.25) is 0 Å². The van der Waals surface area contributed by atoms with Gasteiger partial charge < -0.3 is 10.8 Å². The van der Waals surface area contributed by atoms with Gasteiger partial charge in [0.1, 0.15) is 6.04 Å². The minimum Gasteiger partial charge on any atom is -0.480 e. The van der Waals surface area contributed by atoms with Gasteiger partial charge in [-0.1, -0.05) is 13.0 Å². The second kappa shape index (κ2) is 4.72. The minimum atomic E-state index is -0.988. The molecule has 0 aliphatic rings. The van der Waals surface area contributed by atoms with Gasteiger partial charge in [-0.2, -0.15) is 0 Å². The van der Waals surface area contributed by atoms with E-state index in [9.17, 15) is 4.79 Å². The Morgan fingerprint density at radius 1 is 1.71 bits per heavy atom. The van der Waals surface area contributed by atoms with Crippen LogP contribution in [0.5, 0.6) is 0 Å². The predicted octanol–water partition coefficient (Wildman–Crippen LogP) is 0.598. The van der Waals surface area contributed by atoms with Crippen LogP contribution in [0.4, 0.5) is 0 Å². The second-order valence-electron chi connectivity index (χ2n) is 3.11. The molecule has 1 aromatic rings. The normalized spacial score (nSPS) is 12.4. The van der Waals surface area contributed by atoms with Gasteiger partial charge in [0.2, 0.25) is 0 Å². The third-order valence-electron chi connectivity index (χ3n) is 2.10. The molecule has 0 radical (unpaired) electrons. The van der Waals surface area contributed by atoms with E-state index in [1.807, 2.05) is 19.1 Å². The van der Waals surface area contributed by atoms with Crippen molar-refractivity contribution in [1.29, 1.82) is 0 Å². The minimum absolute atomic E-state index is 0.291. The summed E-state index contributed by atoms with van der Waals surface area (Å²) in [4.78, 5) is 14.7. The quantitative estimate of drug-likeness (QED) is 0.735. The highest BCUT2D eigenvalue weighted by Crippen LogP contribution is 2.08. The first kappa shape index (κ1) is 10.7. The Bertz CT molecular complexity index is 326. The molecular formula is C10H14N2O2. The molecule has 14 heavy (non-hydrogen) atoms. The lowest BCUT2D eigenvalue weighted by molar-refractivity contribution is -0.138. The number of hydrogen-bond acceptors (Lipinski definition) is 3. The number of nitrogens with zero attached hydrogens (tertiary/aromatic N) is 1. The van der Waals surface area contributed by atoms with E-state index in [0.29, 0.717) is 6.42 Å². The first-order valence-electron chi connectivity index (χ1n) is 4.56. The third kappa shape index (κ3) is 2.53. The zero-order valence-electron chi connectivity index (χ0n) is 8.10. The zero-order valence-corrected chi connectivity index (χ0v) is 8.10. The molecule has 1 aromatic heterocycles. The summed E-state index contributed by atoms with van der Waals surface area (Å²) >= 11 is 0. The lowest BCUT2D eigenvalue weighted by Gasteiger charge is -2.08. The van der Waals surface area contributed by atoms with E-state index < -0.39 is 12.0 Å². The molecule has 3 N–H and O–H groups in total. The van der Waals surface area contributed by atoms with Crippen molar-refractivity contribution < 1.29 is 9.90 Å². The molecule has 0 saturated carbocycles. The average Bonchev–Trinajstić information content (AvgIpc) is 2.18. The van der Waals surface area contributed by atoms with Gasteiger partial charge in [0.25, 0.3) is 0 Å². The van der Waals surface area contributed by atoms with E-state index in [-0.39, 0.29) is 0 Å². The molecule has 4 heteroatoms. The Labute approximate surface area is 82.8 Å². The molecule has 0 aliphatic carbocycles. The number of aryl methyl sites for hydroxylation is 1. The Hall–Kier alpha value is -1.42. The van der Waals surface area contributed by atoms with Crippen LogP contribution in [0.1, 0.15) is 18.2 Å². The predicted molar refractivity (Wildman–Crippen MR) is 52.9 cm³/mol. The summed E-state index contributed by atoms with van der Waals surface area (Å²) < 4.78 is 0. The number of rotatable bonds is 4. The summed E-state index contributed by atoms with van der Waals surface area (Å²) in [5.74, 6) is -0.988. The SMILES string of the molecule is CCc1cccnc1CC(N)C(=O)O. The maximum Gasteiger partial charge on any atom is 0.320 e. The van der Waals surface area contributed by atoms with Crippen LogP contribution in [0.3, 0.4) is 0 Å². The summed E-state index contributed by atoms with van der Waals surface area (Å²) in [6.07, 6.45) is 2.79. The summed E-state index contributed by atoms with van der Waals surface area (Å²) in [6, 6.07) is 2.92. The Morgan fingerprint density at radius 3 is 3.00 bits per heavy atom. The fourth-order valence-electron chi connectivity index (χ4n) is 1.27. The molecule has 0 aromatic carbocycles. The Balaban J connectivity index is 2.80. The molecule has 0 bridgehead atoms. The third-order valence-corrected chi connectivity index (χ3v) is 2.10. The summed E-state index contributed by atoms with van der Waals surface area (Å²) in [5, 5.41) is 8.65. The molecule has 0 fully saturated rings. The first-order chi connectivity index (χ1) is 6.65. The number of carboxylic acid groups (broad SMARTS) is 1. The largest absolute Gasteiger partial charge is 0.480 e. The number of carboxylic acids is 1. The molecule has 1 rings (SSSR count). The maximum atomic E-state index is 10.6. The monoisotopic (exact) mass is 194 g/mol. The van der Waals surface area contributed by atoms with Gasteiger partial charge in [0.15, 0.2) is 0 Å². The van der Waals surface area contributed by atoms with E-state index in [2.05, 4.69) is 4.98 Å². The fourth-order valence-corrected chi connectivity index (χ4v) is 1.27. The number of pyridine rings is 1. The molecule has 0 spiro atoms. The first-order valence-corrected chi connectivity index (χ1v) is 4.56. The summed E-state index contributed by atoms with van der Waals surface area (Å²) in [5.41, 5.74) is 7.27. The topological polar surface area (TPSA) is 76.2 Å². The lowest BCUT2D eigenvalue weighted by Crippen LogP contribution is -2.32. The summed E-state index contributed by atoms with van der Waals surface area (Å²) in [6.45, 7) is 2.01. The van der Waals surface area contributed by atoms with Crippen molar-refractivity contribution in [1.82, 2.24) is 4.98 Å². The van der Waals surface area contributed by atoms with Crippen LogP contribution in [-0.2, 0) is 17.6 Å². The molecule has 0 saturated heterocycles. The Morgan fingerprint density at radius 2 is 2.43 bits per heavy atom. The molecule has 1 atom stereocenters. The maximum absolute atomic E-state index is 10.6. The van der Waals surface area contributed by atoms with E-state index in [4.69, 9.17) is 10.8 Å². The van der Waals surface area contributed by atoms with Gasteiger partial charge in [-0.05, 0) is 18.1 Å². The van der Waals surface area contributed by atoms with Crippen LogP contribution >= 0.6 is 0 Å². The molecule has 1 heterocycles. The second-order valence-corrected chi connectivity index (χ2v) is 3.11. The van der Waals surface area contributed by atoms with Gasteiger partial charge >= 0.3 is 5.97 Å². The molecule has 4 nitrogen and oxygen atoms in total. The van der Waals surface area contributed by atoms with Crippen LogP contribution in [0.25, 0.3) is 0 Å². The van der Waals surface area contributed by atoms with Crippen molar-refractivity contribution in [2.45, 2.75) is 25.8 Å². The Kier molecular flexibility index (Phi) is 3.59. The van der Waals surface area contributed by atoms with Crippen LogP contribution in [0, 0.1) is 0 Å². The van der Waals surface area contributed by atoms with E-state index in [0.717, 1.165) is 17.7 Å². The van der Waals surface area contributed by atoms with Crippen LogP contribution < -0.4 is 5.73 Å². The molecule has 0 aliphatic heterocycles. The van der Waals surface area contributed by atoms with Gasteiger partial charge in [-0.25, -0.2) is 0 Å². The highest BCUT2D eigenvalue weighted by atomic mass is 16.4. The van der Waals surface area contributed by atoms with Gasteiger partial charge in [-0.15, -0.1) is 0 Å². The zero-order chi connectivity index (χ0) is 10.6. The number of aromatic nitrogens is 1. The van der Waals surface area contributed by atoms with Crippen LogP contribution in [-0.4, -0.2) is 22.1 Å². The molecular weight excluding hydrogens is 180 g/mol. The molecule has 76 valence electrons. The van der Waals surface area contributed by atoms with Gasteiger partial charge in [0.05, 0.1) is 0 Å². The highest BCUT2D eigenvalue weighted by Gasteiger charge is 2.14. The van der Waals surface area contributed by atoms with Crippen molar-refractivity contribution in [3.63, 3.8) is 0 Å². The van der Waals surface area contributed by atoms with Gasteiger partial charge in [0, 0.05) is 18.3 Å². The van der Waals surface area contributed by atoms with E-state index >= 15 is 0 Å².